The summed E-state index contributed by atoms with van der Waals surface area (Å²) in [5.74, 6) is -1.13. The average molecular weight is 248 g/mol. The van der Waals surface area contributed by atoms with Crippen molar-refractivity contribution in [3.05, 3.63) is 46.0 Å². The topological polar surface area (TPSA) is 113 Å². The van der Waals surface area contributed by atoms with Crippen molar-refractivity contribution >= 4 is 17.4 Å². The Hall–Kier alpha value is -2.88. The van der Waals surface area contributed by atoms with Gasteiger partial charge in [-0.3, -0.25) is 10.1 Å². The second-order valence-corrected chi connectivity index (χ2v) is 3.12. The zero-order valence-corrected chi connectivity index (χ0v) is 9.07. The van der Waals surface area contributed by atoms with Gasteiger partial charge in [-0.2, -0.15) is 5.26 Å². The molecule has 18 heavy (non-hydrogen) atoms. The first-order chi connectivity index (χ1) is 8.54. The van der Waals surface area contributed by atoms with E-state index in [1.165, 1.54) is 24.3 Å². The van der Waals surface area contributed by atoms with Crippen molar-refractivity contribution in [3.8, 4) is 6.07 Å². The van der Waals surface area contributed by atoms with Crippen LogP contribution in [0, 0.1) is 21.4 Å². The normalized spacial score (nSPS) is 10.5. The lowest BCUT2D eigenvalue weighted by Crippen LogP contribution is -2.06. The van der Waals surface area contributed by atoms with E-state index in [0.29, 0.717) is 5.56 Å². The van der Waals surface area contributed by atoms with Crippen LogP contribution in [-0.4, -0.2) is 22.6 Å². The van der Waals surface area contributed by atoms with Gasteiger partial charge in [0.15, 0.2) is 6.61 Å². The Morgan fingerprint density at radius 1 is 1.50 bits per heavy atom. The number of nitrogens with zero attached hydrogens (tertiary/aromatic N) is 2. The Labute approximate surface area is 102 Å². The SMILES string of the molecule is N#C/C=C(/OCC(=O)O)c1ccc([N+](=O)[O-])cc1. The highest BCUT2D eigenvalue weighted by atomic mass is 16.6. The number of ether oxygens (including phenoxy) is 1. The van der Waals surface area contributed by atoms with E-state index in [9.17, 15) is 14.9 Å². The third kappa shape index (κ3) is 3.61. The van der Waals surface area contributed by atoms with E-state index in [4.69, 9.17) is 15.1 Å². The molecule has 0 aromatic heterocycles. The molecule has 0 aliphatic heterocycles. The number of non-ortho nitro benzene ring substituents is 1. The minimum Gasteiger partial charge on any atom is -0.481 e. The fourth-order valence-corrected chi connectivity index (χ4v) is 1.15. The summed E-state index contributed by atoms with van der Waals surface area (Å²) in [6.07, 6.45) is 1.03. The van der Waals surface area contributed by atoms with Crippen molar-refractivity contribution in [1.82, 2.24) is 0 Å². The number of hydrogen-bond acceptors (Lipinski definition) is 5. The molecular formula is C11H8N2O5. The molecule has 0 aliphatic carbocycles. The van der Waals surface area contributed by atoms with Gasteiger partial charge in [-0.1, -0.05) is 0 Å². The van der Waals surface area contributed by atoms with E-state index < -0.39 is 17.5 Å². The molecule has 0 spiro atoms. The number of allylic oxidation sites excluding steroid dienone is 1. The summed E-state index contributed by atoms with van der Waals surface area (Å²) >= 11 is 0. The van der Waals surface area contributed by atoms with Crippen LogP contribution in [0.1, 0.15) is 5.56 Å². The first-order valence-electron chi connectivity index (χ1n) is 4.74. The number of nitriles is 1. The second kappa shape index (κ2) is 6.00. The Kier molecular flexibility index (Phi) is 4.40. The van der Waals surface area contributed by atoms with Gasteiger partial charge in [0.05, 0.1) is 17.1 Å². The number of carboxylic acid groups (broad SMARTS) is 1. The van der Waals surface area contributed by atoms with Gasteiger partial charge < -0.3 is 9.84 Å². The minimum absolute atomic E-state index is 0.0507. The molecule has 1 rings (SSSR count). The van der Waals surface area contributed by atoms with E-state index in [1.807, 2.05) is 0 Å². The monoisotopic (exact) mass is 248 g/mol. The first kappa shape index (κ1) is 13.2. The van der Waals surface area contributed by atoms with Crippen molar-refractivity contribution in [3.63, 3.8) is 0 Å². The number of aliphatic carboxylic acids is 1. The predicted molar refractivity (Wildman–Crippen MR) is 60.3 cm³/mol. The number of carbonyl (C=O) groups is 1. The largest absolute Gasteiger partial charge is 0.481 e. The fraction of sp³-hybridized carbons (Fsp3) is 0.0909. The number of carboxylic acids is 1. The van der Waals surface area contributed by atoms with Crippen LogP contribution in [0.5, 0.6) is 0 Å². The highest BCUT2D eigenvalue weighted by Gasteiger charge is 2.09. The summed E-state index contributed by atoms with van der Waals surface area (Å²) in [7, 11) is 0. The van der Waals surface area contributed by atoms with Gasteiger partial charge in [0, 0.05) is 17.7 Å². The molecule has 0 atom stereocenters. The summed E-state index contributed by atoms with van der Waals surface area (Å²) in [5, 5.41) is 27.5. The Morgan fingerprint density at radius 2 is 2.11 bits per heavy atom. The molecule has 0 heterocycles. The van der Waals surface area contributed by atoms with Gasteiger partial charge in [-0.05, 0) is 12.1 Å². The summed E-state index contributed by atoms with van der Waals surface area (Å²) in [6.45, 7) is -0.593. The predicted octanol–water partition coefficient (Wildman–Crippen LogP) is 1.56. The van der Waals surface area contributed by atoms with Crippen LogP contribution in [0.2, 0.25) is 0 Å². The molecule has 0 saturated carbocycles. The summed E-state index contributed by atoms with van der Waals surface area (Å²) in [6, 6.07) is 6.95. The Balaban J connectivity index is 2.93. The van der Waals surface area contributed by atoms with Crippen molar-refractivity contribution < 1.29 is 19.6 Å². The van der Waals surface area contributed by atoms with Crippen LogP contribution in [-0.2, 0) is 9.53 Å². The molecule has 1 N–H and O–H groups in total. The van der Waals surface area contributed by atoms with Crippen LogP contribution >= 0.6 is 0 Å². The van der Waals surface area contributed by atoms with Crippen molar-refractivity contribution in [2.75, 3.05) is 6.61 Å². The molecule has 92 valence electrons. The standard InChI is InChI=1S/C11H8N2O5/c12-6-5-10(18-7-11(14)15)8-1-3-9(4-2-8)13(16)17/h1-5H,7H2,(H,14,15)/b10-5+. The van der Waals surface area contributed by atoms with Crippen molar-refractivity contribution in [2.45, 2.75) is 0 Å². The quantitative estimate of drug-likeness (QED) is 0.366. The molecule has 0 unspecified atom stereocenters. The maximum Gasteiger partial charge on any atom is 0.341 e. The zero-order valence-electron chi connectivity index (χ0n) is 9.07. The summed E-state index contributed by atoms with van der Waals surface area (Å²) in [4.78, 5) is 20.3. The maximum absolute atomic E-state index is 10.5. The summed E-state index contributed by atoms with van der Waals surface area (Å²) < 4.78 is 4.90. The van der Waals surface area contributed by atoms with Gasteiger partial charge in [0.1, 0.15) is 5.76 Å². The second-order valence-electron chi connectivity index (χ2n) is 3.12. The molecule has 1 aromatic rings. The van der Waals surface area contributed by atoms with Crippen LogP contribution < -0.4 is 0 Å². The fourth-order valence-electron chi connectivity index (χ4n) is 1.15. The lowest BCUT2D eigenvalue weighted by Gasteiger charge is -2.06. The zero-order chi connectivity index (χ0) is 13.5. The molecule has 0 fully saturated rings. The molecule has 0 saturated heterocycles. The van der Waals surface area contributed by atoms with Crippen molar-refractivity contribution in [1.29, 1.82) is 5.26 Å². The highest BCUT2D eigenvalue weighted by molar-refractivity contribution is 5.71. The van der Waals surface area contributed by atoms with Gasteiger partial charge in [0.25, 0.3) is 5.69 Å². The molecule has 7 nitrogen and oxygen atoms in total. The van der Waals surface area contributed by atoms with Crippen molar-refractivity contribution in [2.24, 2.45) is 0 Å². The van der Waals surface area contributed by atoms with Crippen LogP contribution in [0.25, 0.3) is 5.76 Å². The smallest absolute Gasteiger partial charge is 0.341 e. The average Bonchev–Trinajstić information content (AvgIpc) is 2.34. The molecule has 7 heteroatoms. The van der Waals surface area contributed by atoms with Crippen LogP contribution in [0.15, 0.2) is 30.3 Å². The molecule has 0 amide bonds. The molecule has 0 aliphatic rings. The number of nitro groups is 1. The summed E-state index contributed by atoms with van der Waals surface area (Å²) in [5.41, 5.74) is 0.289. The third-order valence-electron chi connectivity index (χ3n) is 1.91. The van der Waals surface area contributed by atoms with Crippen LogP contribution in [0.3, 0.4) is 0 Å². The van der Waals surface area contributed by atoms with E-state index in [0.717, 1.165) is 6.08 Å². The first-order valence-corrected chi connectivity index (χ1v) is 4.74. The lowest BCUT2D eigenvalue weighted by atomic mass is 10.1. The molecule has 0 bridgehead atoms. The molecular weight excluding hydrogens is 240 g/mol. The van der Waals surface area contributed by atoms with Crippen LogP contribution in [0.4, 0.5) is 5.69 Å². The van der Waals surface area contributed by atoms with E-state index in [2.05, 4.69) is 0 Å². The third-order valence-corrected chi connectivity index (χ3v) is 1.91. The van der Waals surface area contributed by atoms with E-state index in [1.54, 1.807) is 6.07 Å². The van der Waals surface area contributed by atoms with Gasteiger partial charge in [-0.25, -0.2) is 4.79 Å². The number of rotatable bonds is 5. The van der Waals surface area contributed by atoms with Gasteiger partial charge in [-0.15, -0.1) is 0 Å². The Morgan fingerprint density at radius 3 is 2.56 bits per heavy atom. The molecule has 0 radical (unpaired) electrons. The van der Waals surface area contributed by atoms with Gasteiger partial charge >= 0.3 is 5.97 Å². The number of hydrogen-bond donors (Lipinski definition) is 1. The number of nitro benzene ring substituents is 1. The minimum atomic E-state index is -1.18. The maximum atomic E-state index is 10.5. The lowest BCUT2D eigenvalue weighted by molar-refractivity contribution is -0.384. The van der Waals surface area contributed by atoms with E-state index in [-0.39, 0.29) is 11.4 Å². The van der Waals surface area contributed by atoms with E-state index >= 15 is 0 Å². The molecule has 1 aromatic carbocycles. The Bertz CT molecular complexity index is 527. The number of benzene rings is 1. The highest BCUT2D eigenvalue weighted by Crippen LogP contribution is 2.19. The van der Waals surface area contributed by atoms with Gasteiger partial charge in [0.2, 0.25) is 0 Å².